The number of ether oxygens (including phenoxy) is 2. The van der Waals surface area contributed by atoms with Crippen LogP contribution >= 0.6 is 0 Å². The van der Waals surface area contributed by atoms with Gasteiger partial charge in [0.05, 0.1) is 37.2 Å². The average molecular weight is 476 g/mol. The van der Waals surface area contributed by atoms with Crippen LogP contribution in [0.4, 0.5) is 5.95 Å². The number of amides is 1. The van der Waals surface area contributed by atoms with Crippen LogP contribution in [0, 0.1) is 0 Å². The van der Waals surface area contributed by atoms with Crippen molar-refractivity contribution in [3.05, 3.63) is 48.7 Å². The average Bonchev–Trinajstić information content (AvgIpc) is 3.61. The molecule has 1 aliphatic carbocycles. The van der Waals surface area contributed by atoms with E-state index in [0.717, 1.165) is 61.1 Å². The predicted octanol–water partition coefficient (Wildman–Crippen LogP) is 2.89. The summed E-state index contributed by atoms with van der Waals surface area (Å²) in [6.07, 6.45) is 11.7. The molecule has 10 nitrogen and oxygen atoms in total. The van der Waals surface area contributed by atoms with E-state index in [9.17, 15) is 4.79 Å². The molecule has 35 heavy (non-hydrogen) atoms. The van der Waals surface area contributed by atoms with E-state index in [-0.39, 0.29) is 12.0 Å². The molecule has 2 fully saturated rings. The van der Waals surface area contributed by atoms with E-state index < -0.39 is 0 Å². The molecule has 0 unspecified atom stereocenters. The van der Waals surface area contributed by atoms with Gasteiger partial charge in [0.1, 0.15) is 11.3 Å². The van der Waals surface area contributed by atoms with E-state index in [1.54, 1.807) is 13.3 Å². The molecular weight excluding hydrogens is 446 g/mol. The number of imidazole rings is 1. The van der Waals surface area contributed by atoms with Gasteiger partial charge in [0.25, 0.3) is 5.91 Å². The second-order valence-corrected chi connectivity index (χ2v) is 9.23. The molecule has 0 aromatic carbocycles. The number of anilines is 1. The minimum Gasteiger partial charge on any atom is -0.382 e. The van der Waals surface area contributed by atoms with Crippen LogP contribution in [0.15, 0.2) is 43.0 Å². The number of hydrogen-bond acceptors (Lipinski definition) is 7. The summed E-state index contributed by atoms with van der Waals surface area (Å²) >= 11 is 0. The van der Waals surface area contributed by atoms with Gasteiger partial charge in [-0.2, -0.15) is 0 Å². The Morgan fingerprint density at radius 3 is 2.80 bits per heavy atom. The number of pyridine rings is 1. The second kappa shape index (κ2) is 9.27. The smallest absolute Gasteiger partial charge is 0.272 e. The van der Waals surface area contributed by atoms with E-state index in [1.165, 1.54) is 0 Å². The molecule has 1 amide bonds. The zero-order valence-electron chi connectivity index (χ0n) is 19.8. The fourth-order valence-electron chi connectivity index (χ4n) is 4.89. The second-order valence-electron chi connectivity index (χ2n) is 9.23. The Morgan fingerprint density at radius 2 is 1.97 bits per heavy atom. The van der Waals surface area contributed by atoms with Gasteiger partial charge in [-0.3, -0.25) is 9.20 Å². The molecule has 10 heteroatoms. The number of hydrogen-bond donors (Lipinski definition) is 1. The number of fused-ring (bicyclic) bond motifs is 2. The van der Waals surface area contributed by atoms with Crippen LogP contribution in [0.5, 0.6) is 0 Å². The van der Waals surface area contributed by atoms with Gasteiger partial charge in [-0.15, -0.1) is 5.10 Å². The number of carbonyl (C=O) groups excluding carboxylic acids is 1. The highest BCUT2D eigenvalue weighted by Gasteiger charge is 2.30. The fraction of sp³-hybridized carbons (Fsp3) is 0.440. The van der Waals surface area contributed by atoms with Gasteiger partial charge in [-0.05, 0) is 43.9 Å². The van der Waals surface area contributed by atoms with Crippen molar-refractivity contribution in [2.24, 2.45) is 0 Å². The first-order chi connectivity index (χ1) is 17.2. The number of methoxy groups -OCH3 is 1. The third kappa shape index (κ3) is 4.23. The lowest BCUT2D eigenvalue weighted by Crippen LogP contribution is -2.41. The van der Waals surface area contributed by atoms with Crippen LogP contribution in [-0.4, -0.2) is 80.3 Å². The summed E-state index contributed by atoms with van der Waals surface area (Å²) in [6, 6.07) is 6.30. The molecule has 6 rings (SSSR count). The first-order valence-corrected chi connectivity index (χ1v) is 12.2. The molecule has 0 spiro atoms. The summed E-state index contributed by atoms with van der Waals surface area (Å²) in [5, 5.41) is 8.05. The third-order valence-corrected chi connectivity index (χ3v) is 6.91. The van der Waals surface area contributed by atoms with Crippen LogP contribution < -0.4 is 5.32 Å². The standard InChI is InChI=1S/C25H29N7O3/c1-34-10-11-35-19-12-18(13-19)28-25-27-14-21-20(6-9-32(21)29-25)17-4-5-23-26-15-22(31(23)16-17)24(33)30-7-2-3-8-30/h4-6,9,14-16,18-19H,2-3,7-8,10-13H2,1H3,(H,28,29)/t18-,19-. The van der Waals surface area contributed by atoms with Gasteiger partial charge in [0.2, 0.25) is 5.95 Å². The largest absolute Gasteiger partial charge is 0.382 e. The molecular formula is C25H29N7O3. The third-order valence-electron chi connectivity index (χ3n) is 6.91. The molecule has 182 valence electrons. The SMILES string of the molecule is COCCO[C@H]1C[C@H](Nc2ncc3c(-c4ccc5ncc(C(=O)N6CCCC6)n5c4)ccn3n2)C1. The number of aromatic nitrogens is 5. The number of nitrogens with zero attached hydrogens (tertiary/aromatic N) is 6. The molecule has 1 N–H and O–H groups in total. The van der Waals surface area contributed by atoms with Gasteiger partial charge < -0.3 is 19.7 Å². The topological polar surface area (TPSA) is 98.3 Å². The van der Waals surface area contributed by atoms with E-state index in [1.807, 2.05) is 50.6 Å². The molecule has 4 aromatic heterocycles. The highest BCUT2D eigenvalue weighted by Crippen LogP contribution is 2.28. The van der Waals surface area contributed by atoms with Gasteiger partial charge in [-0.25, -0.2) is 14.5 Å². The summed E-state index contributed by atoms with van der Waals surface area (Å²) < 4.78 is 14.5. The van der Waals surface area contributed by atoms with E-state index in [4.69, 9.17) is 9.47 Å². The van der Waals surface area contributed by atoms with Crippen LogP contribution in [-0.2, 0) is 9.47 Å². The Bertz CT molecular complexity index is 1350. The van der Waals surface area contributed by atoms with Crippen LogP contribution in [0.1, 0.15) is 36.2 Å². The van der Waals surface area contributed by atoms with Gasteiger partial charge in [0, 0.05) is 49.8 Å². The monoisotopic (exact) mass is 475 g/mol. The minimum atomic E-state index is 0.0373. The van der Waals surface area contributed by atoms with Crippen molar-refractivity contribution in [1.29, 1.82) is 0 Å². The van der Waals surface area contributed by atoms with Crippen LogP contribution in [0.2, 0.25) is 0 Å². The van der Waals surface area contributed by atoms with Crippen LogP contribution in [0.3, 0.4) is 0 Å². The molecule has 5 heterocycles. The molecule has 4 aromatic rings. The summed E-state index contributed by atoms with van der Waals surface area (Å²) in [6.45, 7) is 2.87. The molecule has 2 aliphatic rings. The Kier molecular flexibility index (Phi) is 5.83. The van der Waals surface area contributed by atoms with Crippen molar-refractivity contribution < 1.29 is 14.3 Å². The van der Waals surface area contributed by atoms with Crippen molar-refractivity contribution >= 4 is 23.0 Å². The molecule has 1 aliphatic heterocycles. The molecule has 1 saturated heterocycles. The number of carbonyl (C=O) groups is 1. The minimum absolute atomic E-state index is 0.0373. The first-order valence-electron chi connectivity index (χ1n) is 12.2. The van der Waals surface area contributed by atoms with Crippen molar-refractivity contribution in [3.63, 3.8) is 0 Å². The summed E-state index contributed by atoms with van der Waals surface area (Å²) in [4.78, 5) is 23.9. The normalized spacial score (nSPS) is 20.0. The van der Waals surface area contributed by atoms with Crippen molar-refractivity contribution in [2.45, 2.75) is 37.8 Å². The fourth-order valence-corrected chi connectivity index (χ4v) is 4.89. The van der Waals surface area contributed by atoms with E-state index in [2.05, 4.69) is 20.4 Å². The summed E-state index contributed by atoms with van der Waals surface area (Å²) in [5.74, 6) is 0.638. The van der Waals surface area contributed by atoms with Gasteiger partial charge in [-0.1, -0.05) is 0 Å². The first kappa shape index (κ1) is 22.0. The van der Waals surface area contributed by atoms with Crippen molar-refractivity contribution in [3.8, 4) is 11.1 Å². The van der Waals surface area contributed by atoms with E-state index in [0.29, 0.717) is 30.9 Å². The Hall–Kier alpha value is -3.50. The lowest BCUT2D eigenvalue weighted by molar-refractivity contribution is -0.0261. The maximum absolute atomic E-state index is 13.0. The highest BCUT2D eigenvalue weighted by molar-refractivity contribution is 5.93. The molecule has 0 bridgehead atoms. The van der Waals surface area contributed by atoms with Crippen molar-refractivity contribution in [1.82, 2.24) is 28.9 Å². The maximum Gasteiger partial charge on any atom is 0.272 e. The predicted molar refractivity (Wildman–Crippen MR) is 131 cm³/mol. The molecule has 0 atom stereocenters. The Balaban J connectivity index is 1.20. The van der Waals surface area contributed by atoms with E-state index >= 15 is 0 Å². The van der Waals surface area contributed by atoms with Crippen LogP contribution in [0.25, 0.3) is 22.3 Å². The lowest BCUT2D eigenvalue weighted by Gasteiger charge is -2.35. The number of rotatable bonds is 8. The van der Waals surface area contributed by atoms with Gasteiger partial charge in [0.15, 0.2) is 0 Å². The molecule has 1 saturated carbocycles. The highest BCUT2D eigenvalue weighted by atomic mass is 16.5. The number of nitrogens with one attached hydrogen (secondary N) is 1. The van der Waals surface area contributed by atoms with Gasteiger partial charge >= 0.3 is 0 Å². The quantitative estimate of drug-likeness (QED) is 0.391. The zero-order valence-corrected chi connectivity index (χ0v) is 19.8. The Morgan fingerprint density at radius 1 is 1.11 bits per heavy atom. The molecule has 0 radical (unpaired) electrons. The Labute approximate surface area is 202 Å². The maximum atomic E-state index is 13.0. The summed E-state index contributed by atoms with van der Waals surface area (Å²) in [5.41, 5.74) is 4.24. The van der Waals surface area contributed by atoms with Crippen molar-refractivity contribution in [2.75, 3.05) is 38.7 Å². The lowest BCUT2D eigenvalue weighted by atomic mass is 9.89. The number of likely N-dealkylation sites (tertiary alicyclic amines) is 1. The summed E-state index contributed by atoms with van der Waals surface area (Å²) in [7, 11) is 1.68. The zero-order chi connectivity index (χ0) is 23.8.